The van der Waals surface area contributed by atoms with E-state index < -0.39 is 5.82 Å². The first kappa shape index (κ1) is 22.5. The number of halogens is 2. The molecule has 0 radical (unpaired) electrons. The van der Waals surface area contributed by atoms with Crippen LogP contribution in [0, 0.1) is 17.0 Å². The van der Waals surface area contributed by atoms with E-state index in [1.54, 1.807) is 4.90 Å². The van der Waals surface area contributed by atoms with Gasteiger partial charge >= 0.3 is 0 Å². The van der Waals surface area contributed by atoms with Gasteiger partial charge in [0.05, 0.1) is 17.8 Å². The molecule has 0 aliphatic carbocycles. The molecule has 1 spiro atoms. The standard InChI is InChI=1S/C24H36F2N4O/c1-4-28-11-7-24(8-12-28)17-30(16-22(31)27-24)21-14-19(25)18(13-20(21)26)15-29-9-5-23(2,3)6-10-29/h13-14H,4-12,15-17H2,1-3H3,(H,27,31). The highest BCUT2D eigenvalue weighted by Gasteiger charge is 2.41. The number of amides is 1. The monoisotopic (exact) mass is 434 g/mol. The van der Waals surface area contributed by atoms with E-state index in [0.29, 0.717) is 24.1 Å². The molecule has 1 N–H and O–H groups in total. The number of rotatable bonds is 4. The van der Waals surface area contributed by atoms with Crippen LogP contribution in [0.5, 0.6) is 0 Å². The Labute approximate surface area is 184 Å². The fourth-order valence-electron chi connectivity index (χ4n) is 5.22. The van der Waals surface area contributed by atoms with Gasteiger partial charge in [-0.15, -0.1) is 0 Å². The summed E-state index contributed by atoms with van der Waals surface area (Å²) >= 11 is 0. The van der Waals surface area contributed by atoms with Crippen molar-refractivity contribution in [1.82, 2.24) is 15.1 Å². The van der Waals surface area contributed by atoms with E-state index in [1.807, 2.05) is 0 Å². The Bertz CT molecular complexity index is 810. The molecular formula is C24H36F2N4O. The first-order valence-corrected chi connectivity index (χ1v) is 11.7. The van der Waals surface area contributed by atoms with Crippen molar-refractivity contribution >= 4 is 11.6 Å². The second-order valence-electron chi connectivity index (χ2n) is 10.5. The highest BCUT2D eigenvalue weighted by molar-refractivity contribution is 5.84. The lowest BCUT2D eigenvalue weighted by Gasteiger charge is -2.48. The Hall–Kier alpha value is -1.73. The van der Waals surface area contributed by atoms with E-state index in [2.05, 4.69) is 35.9 Å². The number of carbonyl (C=O) groups excluding carboxylic acids is 1. The van der Waals surface area contributed by atoms with Crippen molar-refractivity contribution in [2.75, 3.05) is 50.7 Å². The van der Waals surface area contributed by atoms with Gasteiger partial charge in [-0.1, -0.05) is 20.8 Å². The molecule has 0 saturated carbocycles. The molecule has 1 aromatic carbocycles. The largest absolute Gasteiger partial charge is 0.357 e. The van der Waals surface area contributed by atoms with Gasteiger partial charge < -0.3 is 15.1 Å². The van der Waals surface area contributed by atoms with Gasteiger partial charge in [0.25, 0.3) is 0 Å². The zero-order valence-electron chi connectivity index (χ0n) is 19.1. The van der Waals surface area contributed by atoms with Crippen molar-refractivity contribution < 1.29 is 13.6 Å². The smallest absolute Gasteiger partial charge is 0.240 e. The van der Waals surface area contributed by atoms with Crippen molar-refractivity contribution in [2.24, 2.45) is 5.41 Å². The number of piperidine rings is 2. The third kappa shape index (κ3) is 5.03. The van der Waals surface area contributed by atoms with Gasteiger partial charge in [0, 0.05) is 37.8 Å². The van der Waals surface area contributed by atoms with Gasteiger partial charge in [0.15, 0.2) is 0 Å². The van der Waals surface area contributed by atoms with Gasteiger partial charge in [-0.3, -0.25) is 9.69 Å². The van der Waals surface area contributed by atoms with E-state index in [1.165, 1.54) is 12.1 Å². The molecule has 172 valence electrons. The fraction of sp³-hybridized carbons (Fsp3) is 0.708. The minimum atomic E-state index is -0.440. The van der Waals surface area contributed by atoms with Crippen molar-refractivity contribution in [3.63, 3.8) is 0 Å². The number of hydrogen-bond donors (Lipinski definition) is 1. The van der Waals surface area contributed by atoms with Gasteiger partial charge in [-0.25, -0.2) is 8.78 Å². The van der Waals surface area contributed by atoms with Crippen LogP contribution in [-0.4, -0.2) is 67.1 Å². The molecular weight excluding hydrogens is 398 g/mol. The molecule has 3 saturated heterocycles. The quantitative estimate of drug-likeness (QED) is 0.789. The summed E-state index contributed by atoms with van der Waals surface area (Å²) in [7, 11) is 0. The van der Waals surface area contributed by atoms with E-state index in [9.17, 15) is 9.18 Å². The molecule has 0 atom stereocenters. The van der Waals surface area contributed by atoms with Crippen molar-refractivity contribution in [2.45, 2.75) is 58.5 Å². The van der Waals surface area contributed by atoms with Gasteiger partial charge in [-0.05, 0) is 56.8 Å². The Morgan fingerprint density at radius 1 is 0.968 bits per heavy atom. The first-order valence-electron chi connectivity index (χ1n) is 11.7. The molecule has 3 aliphatic rings. The molecule has 31 heavy (non-hydrogen) atoms. The molecule has 0 aromatic heterocycles. The van der Waals surface area contributed by atoms with Crippen LogP contribution >= 0.6 is 0 Å². The highest BCUT2D eigenvalue weighted by atomic mass is 19.1. The minimum absolute atomic E-state index is 0.0656. The number of piperazine rings is 1. The molecule has 4 rings (SSSR count). The highest BCUT2D eigenvalue weighted by Crippen LogP contribution is 2.33. The topological polar surface area (TPSA) is 38.8 Å². The van der Waals surface area contributed by atoms with E-state index in [4.69, 9.17) is 0 Å². The van der Waals surface area contributed by atoms with Gasteiger partial charge in [-0.2, -0.15) is 0 Å². The molecule has 3 fully saturated rings. The summed E-state index contributed by atoms with van der Waals surface area (Å²) in [6.07, 6.45) is 3.79. The van der Waals surface area contributed by atoms with E-state index >= 15 is 4.39 Å². The predicted molar refractivity (Wildman–Crippen MR) is 119 cm³/mol. The maximum atomic E-state index is 15.1. The zero-order valence-corrected chi connectivity index (χ0v) is 19.1. The number of likely N-dealkylation sites (tertiary alicyclic amines) is 2. The van der Waals surface area contributed by atoms with Crippen molar-refractivity contribution in [3.8, 4) is 0 Å². The number of nitrogens with one attached hydrogen (secondary N) is 1. The Kier molecular flexibility index (Phi) is 6.28. The van der Waals surface area contributed by atoms with Crippen LogP contribution in [-0.2, 0) is 11.3 Å². The lowest BCUT2D eigenvalue weighted by atomic mass is 9.82. The van der Waals surface area contributed by atoms with Crippen molar-refractivity contribution in [1.29, 1.82) is 0 Å². The summed E-state index contributed by atoms with van der Waals surface area (Å²) in [5.74, 6) is -0.942. The van der Waals surface area contributed by atoms with Crippen LogP contribution < -0.4 is 10.2 Å². The molecule has 3 aliphatic heterocycles. The fourth-order valence-corrected chi connectivity index (χ4v) is 5.22. The molecule has 5 nitrogen and oxygen atoms in total. The minimum Gasteiger partial charge on any atom is -0.357 e. The lowest BCUT2D eigenvalue weighted by Crippen LogP contribution is -2.66. The molecule has 3 heterocycles. The van der Waals surface area contributed by atoms with Crippen LogP contribution in [0.3, 0.4) is 0 Å². The predicted octanol–water partition coefficient (Wildman–Crippen LogP) is 3.38. The normalized spacial score (nSPS) is 24.4. The maximum absolute atomic E-state index is 15.1. The van der Waals surface area contributed by atoms with Crippen molar-refractivity contribution in [3.05, 3.63) is 29.3 Å². The third-order valence-electron chi connectivity index (χ3n) is 7.55. The summed E-state index contributed by atoms with van der Waals surface area (Å²) in [6, 6.07) is 2.63. The van der Waals surface area contributed by atoms with Gasteiger partial charge in [0.2, 0.25) is 5.91 Å². The van der Waals surface area contributed by atoms with E-state index in [0.717, 1.165) is 58.4 Å². The summed E-state index contributed by atoms with van der Waals surface area (Å²) in [5, 5.41) is 3.15. The Morgan fingerprint density at radius 3 is 2.26 bits per heavy atom. The van der Waals surface area contributed by atoms with Gasteiger partial charge in [0.1, 0.15) is 11.6 Å². The number of benzene rings is 1. The summed E-state index contributed by atoms with van der Waals surface area (Å²) in [4.78, 5) is 18.7. The molecule has 1 amide bonds. The van der Waals surface area contributed by atoms with Crippen LogP contribution in [0.25, 0.3) is 0 Å². The number of hydrogen-bond acceptors (Lipinski definition) is 4. The van der Waals surface area contributed by atoms with Crippen LogP contribution in [0.2, 0.25) is 0 Å². The number of nitrogens with zero attached hydrogens (tertiary/aromatic N) is 3. The SMILES string of the molecule is CCN1CCC2(CC1)CN(c1cc(F)c(CN3CCC(C)(C)CC3)cc1F)CC(=O)N2. The lowest BCUT2D eigenvalue weighted by molar-refractivity contribution is -0.123. The second kappa shape index (κ2) is 8.66. The summed E-state index contributed by atoms with van der Waals surface area (Å²) in [5.41, 5.74) is 0.562. The summed E-state index contributed by atoms with van der Waals surface area (Å²) < 4.78 is 30.1. The number of carbonyl (C=O) groups is 1. The Balaban J connectivity index is 1.48. The number of anilines is 1. The molecule has 1 aromatic rings. The molecule has 0 bridgehead atoms. The second-order valence-corrected chi connectivity index (χ2v) is 10.5. The van der Waals surface area contributed by atoms with Crippen LogP contribution in [0.4, 0.5) is 14.5 Å². The zero-order chi connectivity index (χ0) is 22.2. The third-order valence-corrected chi connectivity index (χ3v) is 7.55. The average molecular weight is 435 g/mol. The Morgan fingerprint density at radius 2 is 1.61 bits per heavy atom. The first-order chi connectivity index (χ1) is 14.7. The van der Waals surface area contributed by atoms with Crippen LogP contribution in [0.1, 0.15) is 52.0 Å². The molecule has 0 unspecified atom stereocenters. The summed E-state index contributed by atoms with van der Waals surface area (Å²) in [6.45, 7) is 12.3. The maximum Gasteiger partial charge on any atom is 0.240 e. The van der Waals surface area contributed by atoms with E-state index in [-0.39, 0.29) is 29.5 Å². The van der Waals surface area contributed by atoms with Crippen LogP contribution in [0.15, 0.2) is 12.1 Å². The molecule has 7 heteroatoms. The average Bonchev–Trinajstić information content (AvgIpc) is 2.72.